The fourth-order valence-electron chi connectivity index (χ4n) is 3.20. The molecule has 1 heterocycles. The first-order valence-electron chi connectivity index (χ1n) is 9.13. The van der Waals surface area contributed by atoms with Gasteiger partial charge in [0.25, 0.3) is 0 Å². The van der Waals surface area contributed by atoms with Crippen LogP contribution in [0.1, 0.15) is 24.8 Å². The maximum Gasteiger partial charge on any atom is 0.243 e. The Morgan fingerprint density at radius 1 is 0.862 bits per heavy atom. The van der Waals surface area contributed by atoms with Gasteiger partial charge < -0.3 is 0 Å². The molecule has 1 aliphatic heterocycles. The third-order valence-electron chi connectivity index (χ3n) is 4.87. The molecule has 2 aromatic rings. The lowest BCUT2D eigenvalue weighted by Crippen LogP contribution is -2.35. The van der Waals surface area contributed by atoms with Crippen LogP contribution in [0.2, 0.25) is 0 Å². The highest BCUT2D eigenvalue weighted by Gasteiger charge is 2.27. The van der Waals surface area contributed by atoms with E-state index in [2.05, 4.69) is 0 Å². The number of hydrogen-bond donors (Lipinski definition) is 0. The quantitative estimate of drug-likeness (QED) is 0.687. The largest absolute Gasteiger partial charge is 0.243 e. The minimum atomic E-state index is -3.94. The summed E-state index contributed by atoms with van der Waals surface area (Å²) in [5, 5.41) is 0. The summed E-state index contributed by atoms with van der Waals surface area (Å²) < 4.78 is 79.7. The second-order valence-electron chi connectivity index (χ2n) is 6.95. The molecule has 0 N–H and O–H groups in total. The Balaban J connectivity index is 1.79. The summed E-state index contributed by atoms with van der Waals surface area (Å²) in [4.78, 5) is -0.0400. The molecule has 0 spiro atoms. The van der Waals surface area contributed by atoms with Crippen molar-refractivity contribution < 1.29 is 25.6 Å². The van der Waals surface area contributed by atoms with E-state index in [0.717, 1.165) is 35.7 Å². The van der Waals surface area contributed by atoms with Gasteiger partial charge in [-0.25, -0.2) is 25.6 Å². The zero-order chi connectivity index (χ0) is 21.2. The van der Waals surface area contributed by atoms with Gasteiger partial charge in [0.05, 0.1) is 9.79 Å². The highest BCUT2D eigenvalue weighted by Crippen LogP contribution is 2.23. The number of nitrogens with zero attached hydrogens (tertiary/aromatic N) is 2. The van der Waals surface area contributed by atoms with Crippen molar-refractivity contribution in [1.29, 1.82) is 0 Å². The van der Waals surface area contributed by atoms with Crippen molar-refractivity contribution in [3.63, 3.8) is 0 Å². The number of benzene rings is 2. The average Bonchev–Trinajstić information content (AvgIpc) is 2.71. The number of hydrogen-bond acceptors (Lipinski definition) is 4. The van der Waals surface area contributed by atoms with Gasteiger partial charge in [-0.3, -0.25) is 0 Å². The van der Waals surface area contributed by atoms with E-state index in [9.17, 15) is 25.6 Å². The summed E-state index contributed by atoms with van der Waals surface area (Å²) in [6, 6.07) is 8.23. The molecule has 2 aromatic carbocycles. The van der Waals surface area contributed by atoms with E-state index in [0.29, 0.717) is 18.7 Å². The van der Waals surface area contributed by atoms with Crippen LogP contribution in [0.3, 0.4) is 0 Å². The third-order valence-corrected chi connectivity index (χ3v) is 8.60. The first-order valence-corrected chi connectivity index (χ1v) is 12.0. The predicted octanol–water partition coefficient (Wildman–Crippen LogP) is 2.96. The number of halogens is 2. The molecule has 10 heteroatoms. The molecular formula is C19H22F2N2O4S2. The second-order valence-corrected chi connectivity index (χ2v) is 10.9. The van der Waals surface area contributed by atoms with Gasteiger partial charge in [0.15, 0.2) is 11.6 Å². The molecule has 0 aromatic heterocycles. The standard InChI is InChI=1S/C19H22F2N2O4S2/c1-22(14-15-5-10-18(20)19(21)13-15)28(24,25)16-6-8-17(9-7-16)29(26,27)23-11-3-2-4-12-23/h5-10,13H,2-4,11-12,14H2,1H3. The van der Waals surface area contributed by atoms with Crippen LogP contribution in [-0.2, 0) is 26.6 Å². The van der Waals surface area contributed by atoms with Crippen molar-refractivity contribution in [2.24, 2.45) is 0 Å². The van der Waals surface area contributed by atoms with E-state index in [1.54, 1.807) is 0 Å². The van der Waals surface area contributed by atoms with Crippen LogP contribution in [0.5, 0.6) is 0 Å². The summed E-state index contributed by atoms with van der Waals surface area (Å²) in [5.74, 6) is -2.06. The highest BCUT2D eigenvalue weighted by atomic mass is 32.2. The Hall–Kier alpha value is -1.88. The van der Waals surface area contributed by atoms with Gasteiger partial charge in [-0.15, -0.1) is 0 Å². The molecule has 0 bridgehead atoms. The van der Waals surface area contributed by atoms with Crippen LogP contribution >= 0.6 is 0 Å². The number of sulfonamides is 2. The van der Waals surface area contributed by atoms with Crippen LogP contribution in [0, 0.1) is 11.6 Å². The molecule has 0 amide bonds. The fraction of sp³-hybridized carbons (Fsp3) is 0.368. The van der Waals surface area contributed by atoms with Gasteiger partial charge in [-0.1, -0.05) is 12.5 Å². The normalized spacial score (nSPS) is 16.3. The van der Waals surface area contributed by atoms with Crippen molar-refractivity contribution in [3.8, 4) is 0 Å². The van der Waals surface area contributed by atoms with Gasteiger partial charge in [-0.2, -0.15) is 8.61 Å². The van der Waals surface area contributed by atoms with Crippen LogP contribution in [0.4, 0.5) is 8.78 Å². The van der Waals surface area contributed by atoms with Crippen LogP contribution in [-0.4, -0.2) is 45.6 Å². The Morgan fingerprint density at radius 2 is 1.45 bits per heavy atom. The minimum Gasteiger partial charge on any atom is -0.207 e. The van der Waals surface area contributed by atoms with E-state index < -0.39 is 31.7 Å². The highest BCUT2D eigenvalue weighted by molar-refractivity contribution is 7.89. The van der Waals surface area contributed by atoms with E-state index in [-0.39, 0.29) is 16.3 Å². The predicted molar refractivity (Wildman–Crippen MR) is 104 cm³/mol. The molecule has 1 fully saturated rings. The SMILES string of the molecule is CN(Cc1ccc(F)c(F)c1)S(=O)(=O)c1ccc(S(=O)(=O)N2CCCCC2)cc1. The van der Waals surface area contributed by atoms with E-state index >= 15 is 0 Å². The Morgan fingerprint density at radius 3 is 2.03 bits per heavy atom. The van der Waals surface area contributed by atoms with Crippen LogP contribution in [0.25, 0.3) is 0 Å². The number of rotatable bonds is 6. The number of piperidine rings is 1. The zero-order valence-electron chi connectivity index (χ0n) is 15.9. The summed E-state index contributed by atoms with van der Waals surface area (Å²) >= 11 is 0. The van der Waals surface area contributed by atoms with Crippen molar-refractivity contribution in [2.75, 3.05) is 20.1 Å². The summed E-state index contributed by atoms with van der Waals surface area (Å²) in [6.07, 6.45) is 2.61. The molecule has 0 aliphatic carbocycles. The Kier molecular flexibility index (Phi) is 6.37. The molecular weight excluding hydrogens is 422 g/mol. The van der Waals surface area contributed by atoms with Crippen molar-refractivity contribution in [3.05, 3.63) is 59.7 Å². The first kappa shape index (κ1) is 21.8. The fourth-order valence-corrected chi connectivity index (χ4v) is 5.87. The minimum absolute atomic E-state index is 0.0432. The van der Waals surface area contributed by atoms with Crippen molar-refractivity contribution in [1.82, 2.24) is 8.61 Å². The average molecular weight is 445 g/mol. The lowest BCUT2D eigenvalue weighted by atomic mass is 10.2. The lowest BCUT2D eigenvalue weighted by molar-refractivity contribution is 0.346. The van der Waals surface area contributed by atoms with Gasteiger partial charge >= 0.3 is 0 Å². The topological polar surface area (TPSA) is 74.8 Å². The van der Waals surface area contributed by atoms with Crippen LogP contribution < -0.4 is 0 Å². The zero-order valence-corrected chi connectivity index (χ0v) is 17.5. The van der Waals surface area contributed by atoms with E-state index in [4.69, 9.17) is 0 Å². The molecule has 0 saturated carbocycles. The van der Waals surface area contributed by atoms with Gasteiger partial charge in [0.2, 0.25) is 20.0 Å². The maximum absolute atomic E-state index is 13.4. The van der Waals surface area contributed by atoms with Crippen molar-refractivity contribution in [2.45, 2.75) is 35.6 Å². The summed E-state index contributed by atoms with van der Waals surface area (Å²) in [6.45, 7) is 0.756. The van der Waals surface area contributed by atoms with Gasteiger partial charge in [0.1, 0.15) is 0 Å². The third kappa shape index (κ3) is 4.66. The van der Waals surface area contributed by atoms with Crippen LogP contribution in [0.15, 0.2) is 52.3 Å². The Labute approximate surface area is 169 Å². The van der Waals surface area contributed by atoms with Gasteiger partial charge in [-0.05, 0) is 54.8 Å². The molecule has 0 unspecified atom stereocenters. The first-order chi connectivity index (χ1) is 13.6. The van der Waals surface area contributed by atoms with Crippen molar-refractivity contribution >= 4 is 20.0 Å². The van der Waals surface area contributed by atoms with E-state index in [1.165, 1.54) is 41.7 Å². The monoisotopic (exact) mass is 444 g/mol. The maximum atomic E-state index is 13.4. The second kappa shape index (κ2) is 8.47. The summed E-state index contributed by atoms with van der Waals surface area (Å²) in [7, 11) is -6.28. The molecule has 6 nitrogen and oxygen atoms in total. The molecule has 1 saturated heterocycles. The molecule has 0 radical (unpaired) electrons. The summed E-state index contributed by atoms with van der Waals surface area (Å²) in [5.41, 5.74) is 0.291. The molecule has 0 atom stereocenters. The smallest absolute Gasteiger partial charge is 0.207 e. The van der Waals surface area contributed by atoms with Gasteiger partial charge in [0, 0.05) is 26.7 Å². The molecule has 29 heavy (non-hydrogen) atoms. The molecule has 158 valence electrons. The lowest BCUT2D eigenvalue weighted by Gasteiger charge is -2.26. The molecule has 1 aliphatic rings. The van der Waals surface area contributed by atoms with E-state index in [1.807, 2.05) is 0 Å². The Bertz CT molecular complexity index is 1080. The molecule has 3 rings (SSSR count).